The Morgan fingerprint density at radius 3 is 2.27 bits per heavy atom. The van der Waals surface area contributed by atoms with E-state index < -0.39 is 5.91 Å². The summed E-state index contributed by atoms with van der Waals surface area (Å²) in [5.74, 6) is -0.253. The highest BCUT2D eigenvalue weighted by atomic mass is 79.9. The summed E-state index contributed by atoms with van der Waals surface area (Å²) in [6.45, 7) is 8.52. The van der Waals surface area contributed by atoms with Crippen molar-refractivity contribution in [3.8, 4) is 0 Å². The number of anilines is 2. The van der Waals surface area contributed by atoms with Crippen LogP contribution in [0.5, 0.6) is 0 Å². The smallest absolute Gasteiger partial charge is 0.258 e. The zero-order chi connectivity index (χ0) is 24.3. The van der Waals surface area contributed by atoms with Crippen molar-refractivity contribution in [1.82, 2.24) is 10.2 Å². The van der Waals surface area contributed by atoms with Gasteiger partial charge in [0.25, 0.3) is 5.91 Å². The van der Waals surface area contributed by atoms with Gasteiger partial charge in [0.05, 0.1) is 21.3 Å². The highest BCUT2D eigenvalue weighted by Gasteiger charge is 2.30. The first-order valence-corrected chi connectivity index (χ1v) is 12.3. The first-order valence-electron chi connectivity index (χ1n) is 10.4. The van der Waals surface area contributed by atoms with Crippen molar-refractivity contribution in [3.63, 3.8) is 0 Å². The molecule has 1 aliphatic heterocycles. The standard InChI is InChI=1S/C23H25BrCl2N4O2S/c1-23(2,3)21(32)30-10-8-29(9-11-30)19-7-5-15(13-18(19)26)27-22(33)28-20(31)16-12-14(24)4-6-17(16)25/h4-7,12-13H,8-11H2,1-3H3,(H2,27,28,31,33). The molecule has 0 aliphatic carbocycles. The van der Waals surface area contributed by atoms with Gasteiger partial charge in [0, 0.05) is 41.8 Å². The van der Waals surface area contributed by atoms with Crippen molar-refractivity contribution < 1.29 is 9.59 Å². The molecule has 0 radical (unpaired) electrons. The second-order valence-electron chi connectivity index (χ2n) is 8.73. The Balaban J connectivity index is 1.59. The predicted octanol–water partition coefficient (Wildman–Crippen LogP) is 5.58. The van der Waals surface area contributed by atoms with Crippen LogP contribution in [0.4, 0.5) is 11.4 Å². The molecule has 176 valence electrons. The molecular weight excluding hydrogens is 547 g/mol. The number of hydrogen-bond acceptors (Lipinski definition) is 4. The van der Waals surface area contributed by atoms with E-state index in [0.717, 1.165) is 10.2 Å². The molecule has 0 saturated carbocycles. The van der Waals surface area contributed by atoms with Gasteiger partial charge in [-0.2, -0.15) is 0 Å². The molecule has 3 rings (SSSR count). The quantitative estimate of drug-likeness (QED) is 0.471. The van der Waals surface area contributed by atoms with E-state index in [-0.39, 0.29) is 16.4 Å². The molecule has 2 amide bonds. The first kappa shape index (κ1) is 25.7. The van der Waals surface area contributed by atoms with Gasteiger partial charge in [-0.1, -0.05) is 59.9 Å². The third-order valence-electron chi connectivity index (χ3n) is 5.15. The number of benzene rings is 2. The fraction of sp³-hybridized carbons (Fsp3) is 0.348. The number of amides is 2. The molecule has 2 aromatic carbocycles. The van der Waals surface area contributed by atoms with E-state index in [0.29, 0.717) is 47.5 Å². The fourth-order valence-corrected chi connectivity index (χ4v) is 4.55. The summed E-state index contributed by atoms with van der Waals surface area (Å²) in [6, 6.07) is 10.5. The summed E-state index contributed by atoms with van der Waals surface area (Å²) >= 11 is 21.2. The minimum Gasteiger partial charge on any atom is -0.367 e. The number of thiocarbonyl (C=S) groups is 1. The molecule has 0 unspecified atom stereocenters. The van der Waals surface area contributed by atoms with Crippen molar-refractivity contribution in [2.75, 3.05) is 36.4 Å². The summed E-state index contributed by atoms with van der Waals surface area (Å²) in [6.07, 6.45) is 0. The van der Waals surface area contributed by atoms with Crippen LogP contribution in [-0.4, -0.2) is 48.0 Å². The zero-order valence-corrected chi connectivity index (χ0v) is 22.5. The lowest BCUT2D eigenvalue weighted by molar-refractivity contribution is -0.139. The van der Waals surface area contributed by atoms with Crippen molar-refractivity contribution >= 4 is 79.7 Å². The topological polar surface area (TPSA) is 64.7 Å². The Labute approximate surface area is 217 Å². The maximum atomic E-state index is 12.5. The molecule has 33 heavy (non-hydrogen) atoms. The number of piperazine rings is 1. The molecular formula is C23H25BrCl2N4O2S. The minimum atomic E-state index is -0.413. The predicted molar refractivity (Wildman–Crippen MR) is 143 cm³/mol. The Kier molecular flexibility index (Phi) is 8.26. The van der Waals surface area contributed by atoms with Gasteiger partial charge in [0.15, 0.2) is 5.11 Å². The Hall–Kier alpha value is -1.87. The van der Waals surface area contributed by atoms with E-state index in [4.69, 9.17) is 35.4 Å². The molecule has 0 bridgehead atoms. The molecule has 2 aromatic rings. The third kappa shape index (κ3) is 6.59. The van der Waals surface area contributed by atoms with Crippen LogP contribution in [0, 0.1) is 5.41 Å². The highest BCUT2D eigenvalue weighted by molar-refractivity contribution is 9.10. The van der Waals surface area contributed by atoms with Gasteiger partial charge < -0.3 is 15.1 Å². The van der Waals surface area contributed by atoms with Crippen LogP contribution in [0.3, 0.4) is 0 Å². The second-order valence-corrected chi connectivity index (χ2v) is 10.9. The van der Waals surface area contributed by atoms with Crippen LogP contribution in [-0.2, 0) is 4.79 Å². The number of carbonyl (C=O) groups is 2. The average molecular weight is 572 g/mol. The summed E-state index contributed by atoms with van der Waals surface area (Å²) < 4.78 is 0.738. The molecule has 1 aliphatic rings. The number of nitrogens with zero attached hydrogens (tertiary/aromatic N) is 2. The van der Waals surface area contributed by atoms with Gasteiger partial charge >= 0.3 is 0 Å². The minimum absolute atomic E-state index is 0.133. The molecule has 6 nitrogen and oxygen atoms in total. The van der Waals surface area contributed by atoms with E-state index in [1.165, 1.54) is 0 Å². The zero-order valence-electron chi connectivity index (χ0n) is 18.5. The maximum Gasteiger partial charge on any atom is 0.258 e. The van der Waals surface area contributed by atoms with Crippen molar-refractivity contribution in [2.45, 2.75) is 20.8 Å². The van der Waals surface area contributed by atoms with Crippen molar-refractivity contribution in [2.24, 2.45) is 5.41 Å². The molecule has 1 saturated heterocycles. The molecule has 1 fully saturated rings. The van der Waals surface area contributed by atoms with E-state index in [1.54, 1.807) is 24.3 Å². The van der Waals surface area contributed by atoms with Crippen LogP contribution in [0.15, 0.2) is 40.9 Å². The molecule has 0 aromatic heterocycles. The number of hydrogen-bond donors (Lipinski definition) is 2. The summed E-state index contributed by atoms with van der Waals surface area (Å²) in [5, 5.41) is 6.62. The van der Waals surface area contributed by atoms with Gasteiger partial charge in [-0.15, -0.1) is 0 Å². The van der Waals surface area contributed by atoms with Gasteiger partial charge in [0.2, 0.25) is 5.91 Å². The van der Waals surface area contributed by atoms with Crippen LogP contribution in [0.2, 0.25) is 10.0 Å². The normalized spacial score (nSPS) is 14.1. The monoisotopic (exact) mass is 570 g/mol. The van der Waals surface area contributed by atoms with E-state index in [2.05, 4.69) is 31.5 Å². The molecule has 0 atom stereocenters. The van der Waals surface area contributed by atoms with Crippen molar-refractivity contribution in [1.29, 1.82) is 0 Å². The lowest BCUT2D eigenvalue weighted by atomic mass is 9.94. The van der Waals surface area contributed by atoms with E-state index >= 15 is 0 Å². The van der Waals surface area contributed by atoms with E-state index in [1.807, 2.05) is 37.8 Å². The summed E-state index contributed by atoms with van der Waals surface area (Å²) in [4.78, 5) is 29.0. The summed E-state index contributed by atoms with van der Waals surface area (Å²) in [5.41, 5.74) is 1.47. The lowest BCUT2D eigenvalue weighted by Crippen LogP contribution is -2.51. The highest BCUT2D eigenvalue weighted by Crippen LogP contribution is 2.30. The van der Waals surface area contributed by atoms with E-state index in [9.17, 15) is 9.59 Å². The van der Waals surface area contributed by atoms with Gasteiger partial charge in [-0.25, -0.2) is 0 Å². The number of carbonyl (C=O) groups excluding carboxylic acids is 2. The van der Waals surface area contributed by atoms with Crippen molar-refractivity contribution in [3.05, 3.63) is 56.5 Å². The molecule has 1 heterocycles. The number of rotatable bonds is 3. The lowest BCUT2D eigenvalue weighted by Gasteiger charge is -2.39. The Morgan fingerprint density at radius 2 is 1.67 bits per heavy atom. The number of halogens is 3. The van der Waals surface area contributed by atoms with Crippen LogP contribution in [0.1, 0.15) is 31.1 Å². The van der Waals surface area contributed by atoms with Crippen LogP contribution < -0.4 is 15.5 Å². The first-order chi connectivity index (χ1) is 15.5. The second kappa shape index (κ2) is 10.6. The van der Waals surface area contributed by atoms with Gasteiger partial charge in [-0.3, -0.25) is 14.9 Å². The maximum absolute atomic E-state index is 12.5. The van der Waals surface area contributed by atoms with Gasteiger partial charge in [-0.05, 0) is 48.6 Å². The fourth-order valence-electron chi connectivity index (χ4n) is 3.47. The van der Waals surface area contributed by atoms with Crippen LogP contribution >= 0.6 is 51.3 Å². The summed E-state index contributed by atoms with van der Waals surface area (Å²) in [7, 11) is 0. The molecule has 2 N–H and O–H groups in total. The molecule has 10 heteroatoms. The number of nitrogens with one attached hydrogen (secondary N) is 2. The Bertz CT molecular complexity index is 1080. The SMILES string of the molecule is CC(C)(C)C(=O)N1CCN(c2ccc(NC(=S)NC(=O)c3cc(Br)ccc3Cl)cc2Cl)CC1. The molecule has 0 spiro atoms. The van der Waals surface area contributed by atoms with Crippen LogP contribution in [0.25, 0.3) is 0 Å². The Morgan fingerprint density at radius 1 is 1.00 bits per heavy atom. The largest absolute Gasteiger partial charge is 0.367 e. The van der Waals surface area contributed by atoms with Gasteiger partial charge in [0.1, 0.15) is 0 Å². The third-order valence-corrected chi connectivity index (χ3v) is 6.48. The average Bonchev–Trinajstić information content (AvgIpc) is 2.74.